The van der Waals surface area contributed by atoms with Crippen molar-refractivity contribution in [2.45, 2.75) is 110 Å². The Kier molecular flexibility index (Phi) is 24.9. The van der Waals surface area contributed by atoms with Crippen molar-refractivity contribution in [2.24, 2.45) is 0 Å². The monoisotopic (exact) mass is 365 g/mol. The van der Waals surface area contributed by atoms with E-state index >= 15 is 0 Å². The van der Waals surface area contributed by atoms with Crippen molar-refractivity contribution in [3.05, 3.63) is 0 Å². The zero-order valence-corrected chi connectivity index (χ0v) is 19.5. The van der Waals surface area contributed by atoms with Crippen molar-refractivity contribution in [3.8, 4) is 0 Å². The van der Waals surface area contributed by atoms with E-state index in [4.69, 9.17) is 5.11 Å². The average molecular weight is 366 g/mol. The predicted octanol–water partition coefficient (Wildman–Crippen LogP) is 3.38. The maximum Gasteiger partial charge on any atom is 1.00 e. The minimum Gasteiger partial charge on any atom is -1.00 e. The van der Waals surface area contributed by atoms with Crippen LogP contribution < -0.4 is 29.6 Å². The van der Waals surface area contributed by atoms with Crippen LogP contribution in [0.2, 0.25) is 0 Å². The van der Waals surface area contributed by atoms with Crippen LogP contribution in [0.5, 0.6) is 0 Å². The van der Waals surface area contributed by atoms with E-state index in [1.165, 1.54) is 96.3 Å². The first-order valence-corrected chi connectivity index (χ1v) is 10.6. The Morgan fingerprint density at radius 3 is 1.36 bits per heavy atom. The van der Waals surface area contributed by atoms with Crippen molar-refractivity contribution in [1.82, 2.24) is 4.90 Å². The van der Waals surface area contributed by atoms with E-state index < -0.39 is 5.97 Å². The standard InChI is InChI=1S/C21H43NO2.Na.H/c1-3-4-5-6-7-8-9-10-11-12-13-14-15-16-17-18-19-22(2)20-21(23)24;;/h3-20H2,1-2H3,(H,23,24);;/q;+1;-1. The van der Waals surface area contributed by atoms with Gasteiger partial charge in [0.1, 0.15) is 0 Å². The van der Waals surface area contributed by atoms with E-state index in [2.05, 4.69) is 6.92 Å². The number of unbranched alkanes of at least 4 members (excludes halogenated alkanes) is 15. The molecule has 0 aliphatic rings. The topological polar surface area (TPSA) is 40.5 Å². The fourth-order valence-electron chi connectivity index (χ4n) is 3.24. The van der Waals surface area contributed by atoms with Crippen LogP contribution in [0.15, 0.2) is 0 Å². The first-order chi connectivity index (χ1) is 11.7. The number of carbonyl (C=O) groups is 1. The summed E-state index contributed by atoms with van der Waals surface area (Å²) in [5.41, 5.74) is 0. The molecule has 0 saturated heterocycles. The predicted molar refractivity (Wildman–Crippen MR) is 106 cm³/mol. The maximum atomic E-state index is 10.5. The molecule has 0 aromatic rings. The normalized spacial score (nSPS) is 10.8. The second-order valence-corrected chi connectivity index (χ2v) is 7.43. The molecule has 146 valence electrons. The van der Waals surface area contributed by atoms with Gasteiger partial charge in [-0.2, -0.15) is 0 Å². The van der Waals surface area contributed by atoms with Crippen LogP contribution in [0.4, 0.5) is 0 Å². The summed E-state index contributed by atoms with van der Waals surface area (Å²) in [6.07, 6.45) is 22.0. The van der Waals surface area contributed by atoms with Gasteiger partial charge in [0.05, 0.1) is 6.54 Å². The number of rotatable bonds is 19. The van der Waals surface area contributed by atoms with Gasteiger partial charge < -0.3 is 6.53 Å². The summed E-state index contributed by atoms with van der Waals surface area (Å²) in [6, 6.07) is 0. The molecule has 3 nitrogen and oxygen atoms in total. The van der Waals surface area contributed by atoms with Crippen molar-refractivity contribution in [3.63, 3.8) is 0 Å². The number of aliphatic carboxylic acids is 1. The van der Waals surface area contributed by atoms with Gasteiger partial charge in [-0.1, -0.05) is 103 Å². The minimum absolute atomic E-state index is 0. The molecule has 0 rings (SSSR count). The van der Waals surface area contributed by atoms with Crippen LogP contribution in [0.1, 0.15) is 111 Å². The summed E-state index contributed by atoms with van der Waals surface area (Å²) in [7, 11) is 1.89. The number of carboxylic acid groups (broad SMARTS) is 1. The number of carboxylic acids is 1. The number of hydrogen-bond acceptors (Lipinski definition) is 2. The molecular weight excluding hydrogens is 321 g/mol. The van der Waals surface area contributed by atoms with E-state index in [0.717, 1.165) is 13.0 Å². The molecule has 4 heteroatoms. The Morgan fingerprint density at radius 2 is 1.04 bits per heavy atom. The fourth-order valence-corrected chi connectivity index (χ4v) is 3.24. The summed E-state index contributed by atoms with van der Waals surface area (Å²) >= 11 is 0. The zero-order valence-electron chi connectivity index (χ0n) is 18.5. The largest absolute Gasteiger partial charge is 1.00 e. The first-order valence-electron chi connectivity index (χ1n) is 10.6. The molecule has 0 aromatic heterocycles. The summed E-state index contributed by atoms with van der Waals surface area (Å²) in [5.74, 6) is -0.728. The van der Waals surface area contributed by atoms with Crippen LogP contribution in [0.3, 0.4) is 0 Å². The minimum atomic E-state index is -0.728. The molecule has 0 fully saturated rings. The Bertz CT molecular complexity index is 281. The van der Waals surface area contributed by atoms with Crippen molar-refractivity contribution < 1.29 is 40.9 Å². The summed E-state index contributed by atoms with van der Waals surface area (Å²) < 4.78 is 0. The van der Waals surface area contributed by atoms with Gasteiger partial charge in [-0.3, -0.25) is 9.69 Å². The molecule has 0 amide bonds. The molecule has 1 N–H and O–H groups in total. The van der Waals surface area contributed by atoms with Gasteiger partial charge in [0.25, 0.3) is 0 Å². The second-order valence-electron chi connectivity index (χ2n) is 7.43. The first kappa shape index (κ1) is 27.6. The van der Waals surface area contributed by atoms with Gasteiger partial charge in [-0.25, -0.2) is 0 Å². The molecule has 0 aromatic carbocycles. The summed E-state index contributed by atoms with van der Waals surface area (Å²) in [5, 5.41) is 8.68. The molecular formula is C21H44NNaO2. The van der Waals surface area contributed by atoms with Gasteiger partial charge in [0, 0.05) is 0 Å². The molecule has 0 heterocycles. The maximum absolute atomic E-state index is 10.5. The number of nitrogens with zero attached hydrogens (tertiary/aromatic N) is 1. The van der Waals surface area contributed by atoms with E-state index in [0.29, 0.717) is 0 Å². The molecule has 0 radical (unpaired) electrons. The van der Waals surface area contributed by atoms with Gasteiger partial charge in [0.2, 0.25) is 0 Å². The van der Waals surface area contributed by atoms with E-state index in [1.807, 2.05) is 11.9 Å². The van der Waals surface area contributed by atoms with Crippen LogP contribution in [-0.4, -0.2) is 36.1 Å². The molecule has 0 saturated carbocycles. The zero-order chi connectivity index (χ0) is 17.9. The van der Waals surface area contributed by atoms with Crippen molar-refractivity contribution in [1.29, 1.82) is 0 Å². The van der Waals surface area contributed by atoms with E-state index in [-0.39, 0.29) is 37.5 Å². The van der Waals surface area contributed by atoms with Crippen LogP contribution >= 0.6 is 0 Å². The molecule has 0 atom stereocenters. The Balaban J connectivity index is -0.00000264. The van der Waals surface area contributed by atoms with Gasteiger partial charge in [0.15, 0.2) is 0 Å². The quantitative estimate of drug-likeness (QED) is 0.282. The van der Waals surface area contributed by atoms with Crippen LogP contribution in [0.25, 0.3) is 0 Å². The third-order valence-electron chi connectivity index (χ3n) is 4.80. The van der Waals surface area contributed by atoms with E-state index in [9.17, 15) is 4.79 Å². The molecule has 0 spiro atoms. The Hall–Kier alpha value is 0.430. The number of likely N-dealkylation sites (N-methyl/N-ethyl adjacent to an activating group) is 1. The van der Waals surface area contributed by atoms with E-state index in [1.54, 1.807) is 0 Å². The summed E-state index contributed by atoms with van der Waals surface area (Å²) in [4.78, 5) is 12.4. The van der Waals surface area contributed by atoms with Gasteiger partial charge in [-0.15, -0.1) is 0 Å². The van der Waals surface area contributed by atoms with Crippen LogP contribution in [-0.2, 0) is 4.79 Å². The molecule has 0 aliphatic heterocycles. The molecule has 0 aliphatic carbocycles. The average Bonchev–Trinajstić information content (AvgIpc) is 2.53. The van der Waals surface area contributed by atoms with Crippen molar-refractivity contribution in [2.75, 3.05) is 20.1 Å². The number of hydrogen-bond donors (Lipinski definition) is 1. The third kappa shape index (κ3) is 24.4. The fraction of sp³-hybridized carbons (Fsp3) is 0.952. The van der Waals surface area contributed by atoms with Crippen molar-refractivity contribution >= 4 is 5.97 Å². The second kappa shape index (κ2) is 22.5. The van der Waals surface area contributed by atoms with Crippen LogP contribution in [0, 0.1) is 0 Å². The molecule has 25 heavy (non-hydrogen) atoms. The Labute approximate surface area is 181 Å². The van der Waals surface area contributed by atoms with Gasteiger partial charge in [-0.05, 0) is 20.0 Å². The molecule has 0 unspecified atom stereocenters. The smallest absolute Gasteiger partial charge is 1.00 e. The van der Waals surface area contributed by atoms with Gasteiger partial charge >= 0.3 is 35.5 Å². The SMILES string of the molecule is CCCCCCCCCCCCCCCCCCN(C)CC(=O)O.[H-].[Na+]. The summed E-state index contributed by atoms with van der Waals surface area (Å²) in [6.45, 7) is 3.35. The Morgan fingerprint density at radius 1 is 0.720 bits per heavy atom. The third-order valence-corrected chi connectivity index (χ3v) is 4.80. The molecule has 0 bridgehead atoms.